The number of fused-ring (bicyclic) bond motifs is 1. The first kappa shape index (κ1) is 25.5. The average Bonchev–Trinajstić information content (AvgIpc) is 3.17. The Morgan fingerprint density at radius 2 is 1.94 bits per heavy atom. The third-order valence-electron chi connectivity index (χ3n) is 5.28. The fourth-order valence-corrected chi connectivity index (χ4v) is 3.80. The van der Waals surface area contributed by atoms with E-state index >= 15 is 0 Å². The number of carbonyl (C=O) groups excluding carboxylic acids is 2. The normalized spacial score (nSPS) is 17.6. The Kier molecular flexibility index (Phi) is 9.87. The number of hydrogen-bond acceptors (Lipinski definition) is 5. The number of hydrogen-bond donors (Lipinski definition) is 2. The van der Waals surface area contributed by atoms with Crippen LogP contribution in [0.25, 0.3) is 0 Å². The molecule has 1 heterocycles. The molecule has 0 unspecified atom stereocenters. The number of rotatable bonds is 12. The van der Waals surface area contributed by atoms with Crippen LogP contribution in [0.2, 0.25) is 0 Å². The summed E-state index contributed by atoms with van der Waals surface area (Å²) in [4.78, 5) is 25.4. The molecule has 1 aliphatic heterocycles. The van der Waals surface area contributed by atoms with Crippen molar-refractivity contribution in [3.05, 3.63) is 53.1 Å². The van der Waals surface area contributed by atoms with E-state index in [0.717, 1.165) is 5.57 Å². The molecular weight excluding hydrogens is 415 g/mol. The van der Waals surface area contributed by atoms with Crippen molar-refractivity contribution in [1.82, 2.24) is 10.6 Å². The first-order valence-electron chi connectivity index (χ1n) is 10.9. The van der Waals surface area contributed by atoms with Gasteiger partial charge in [0.25, 0.3) is 11.8 Å². The summed E-state index contributed by atoms with van der Waals surface area (Å²) in [5.41, 5.74) is 1.84. The highest BCUT2D eigenvalue weighted by Crippen LogP contribution is 2.45. The second-order valence-corrected chi connectivity index (χ2v) is 7.19. The summed E-state index contributed by atoms with van der Waals surface area (Å²) in [6.45, 7) is 9.99. The molecule has 1 aromatic rings. The van der Waals surface area contributed by atoms with Gasteiger partial charge in [-0.25, -0.2) is 4.39 Å². The van der Waals surface area contributed by atoms with Gasteiger partial charge in [0.1, 0.15) is 18.5 Å². The molecule has 2 N–H and O–H groups in total. The second-order valence-electron chi connectivity index (χ2n) is 7.19. The van der Waals surface area contributed by atoms with Gasteiger partial charge in [0.05, 0.1) is 11.5 Å². The number of alkyl halides is 1. The summed E-state index contributed by atoms with van der Waals surface area (Å²) in [6, 6.07) is 3.13. The highest BCUT2D eigenvalue weighted by atomic mass is 19.1. The molecule has 0 spiro atoms. The van der Waals surface area contributed by atoms with Gasteiger partial charge in [-0.2, -0.15) is 0 Å². The molecule has 8 heteroatoms. The van der Waals surface area contributed by atoms with Crippen molar-refractivity contribution < 1.29 is 28.2 Å². The lowest BCUT2D eigenvalue weighted by molar-refractivity contribution is -0.138. The van der Waals surface area contributed by atoms with Crippen molar-refractivity contribution in [2.45, 2.75) is 45.5 Å². The molecule has 0 fully saturated rings. The zero-order chi connectivity index (χ0) is 23.7. The number of nitrogens with one attached hydrogen (secondary N) is 2. The standard InChI is InChI=1S/C24H33FN2O5/c1-6-15(7-2)21-17-12-16(23(28)27-11-10-20(30-8-3)31-9-4)13-18(24(29)26-5)22(17)32-19(21)14-25/h6-7,12-13,19-21H,1,8-11,14H2,2-5H3,(H,26,29)(H,27,28)/b15-7+/t19-,21+/m1/s1. The van der Waals surface area contributed by atoms with Crippen molar-refractivity contribution >= 4 is 11.8 Å². The summed E-state index contributed by atoms with van der Waals surface area (Å²) in [6.07, 6.45) is 2.75. The molecule has 1 aliphatic rings. The van der Waals surface area contributed by atoms with Crippen molar-refractivity contribution in [3.8, 4) is 5.75 Å². The van der Waals surface area contributed by atoms with Crippen LogP contribution >= 0.6 is 0 Å². The summed E-state index contributed by atoms with van der Waals surface area (Å²) in [5.74, 6) is -0.938. The first-order valence-corrected chi connectivity index (χ1v) is 10.9. The van der Waals surface area contributed by atoms with Gasteiger partial charge in [-0.3, -0.25) is 9.59 Å². The molecule has 0 bridgehead atoms. The molecule has 0 saturated carbocycles. The van der Waals surface area contributed by atoms with E-state index in [1.165, 1.54) is 13.1 Å². The minimum absolute atomic E-state index is 0.192. The molecule has 0 radical (unpaired) electrons. The van der Waals surface area contributed by atoms with Gasteiger partial charge >= 0.3 is 0 Å². The van der Waals surface area contributed by atoms with Crippen LogP contribution in [0.1, 0.15) is 59.4 Å². The summed E-state index contributed by atoms with van der Waals surface area (Å²) in [7, 11) is 1.49. The molecule has 2 atom stereocenters. The van der Waals surface area contributed by atoms with Crippen molar-refractivity contribution in [3.63, 3.8) is 0 Å². The fourth-order valence-electron chi connectivity index (χ4n) is 3.80. The van der Waals surface area contributed by atoms with Crippen LogP contribution in [-0.4, -0.2) is 57.7 Å². The maximum absolute atomic E-state index is 13.8. The Morgan fingerprint density at radius 1 is 1.25 bits per heavy atom. The van der Waals surface area contributed by atoms with E-state index in [1.807, 2.05) is 26.8 Å². The predicted octanol–water partition coefficient (Wildman–Crippen LogP) is 3.51. The summed E-state index contributed by atoms with van der Waals surface area (Å²) >= 11 is 0. The smallest absolute Gasteiger partial charge is 0.254 e. The molecule has 0 aliphatic carbocycles. The Balaban J connectivity index is 2.35. The number of carbonyl (C=O) groups is 2. The third-order valence-corrected chi connectivity index (χ3v) is 5.28. The zero-order valence-corrected chi connectivity index (χ0v) is 19.2. The molecule has 7 nitrogen and oxygen atoms in total. The number of benzene rings is 1. The van der Waals surface area contributed by atoms with E-state index in [2.05, 4.69) is 17.2 Å². The van der Waals surface area contributed by atoms with Gasteiger partial charge in [-0.1, -0.05) is 18.7 Å². The molecule has 1 aromatic carbocycles. The molecular formula is C24H33FN2O5. The second kappa shape index (κ2) is 12.4. The van der Waals surface area contributed by atoms with Crippen LogP contribution in [0, 0.1) is 0 Å². The van der Waals surface area contributed by atoms with Gasteiger partial charge in [0.2, 0.25) is 0 Å². The number of halogens is 1. The van der Waals surface area contributed by atoms with Crippen LogP contribution in [0.4, 0.5) is 4.39 Å². The average molecular weight is 449 g/mol. The van der Waals surface area contributed by atoms with Crippen molar-refractivity contribution in [1.29, 1.82) is 0 Å². The predicted molar refractivity (Wildman–Crippen MR) is 121 cm³/mol. The molecule has 2 amide bonds. The third kappa shape index (κ3) is 5.75. The number of amides is 2. The maximum atomic E-state index is 13.8. The fraction of sp³-hybridized carbons (Fsp3) is 0.500. The minimum Gasteiger partial charge on any atom is -0.486 e. The Morgan fingerprint density at radius 3 is 2.47 bits per heavy atom. The van der Waals surface area contributed by atoms with Crippen LogP contribution in [0.15, 0.2) is 36.4 Å². The summed E-state index contributed by atoms with van der Waals surface area (Å²) in [5, 5.41) is 5.39. The quantitative estimate of drug-likeness (QED) is 0.378. The molecule has 0 saturated heterocycles. The Hall–Kier alpha value is -2.71. The van der Waals surface area contributed by atoms with E-state index in [4.69, 9.17) is 14.2 Å². The van der Waals surface area contributed by atoms with Gasteiger partial charge in [0.15, 0.2) is 6.29 Å². The van der Waals surface area contributed by atoms with Crippen LogP contribution in [0.3, 0.4) is 0 Å². The van der Waals surface area contributed by atoms with Gasteiger partial charge in [-0.05, 0) is 38.5 Å². The molecule has 176 valence electrons. The molecule has 32 heavy (non-hydrogen) atoms. The highest BCUT2D eigenvalue weighted by molar-refractivity contribution is 6.02. The lowest BCUT2D eigenvalue weighted by atomic mass is 9.86. The van der Waals surface area contributed by atoms with Crippen LogP contribution < -0.4 is 15.4 Å². The van der Waals surface area contributed by atoms with Crippen molar-refractivity contribution in [2.75, 3.05) is 33.5 Å². The van der Waals surface area contributed by atoms with E-state index < -0.39 is 30.9 Å². The minimum atomic E-state index is -0.797. The molecule has 0 aromatic heterocycles. The number of allylic oxidation sites excluding steroid dienone is 2. The largest absolute Gasteiger partial charge is 0.486 e. The lowest BCUT2D eigenvalue weighted by Gasteiger charge is -2.18. The Bertz CT molecular complexity index is 849. The SMILES string of the molecule is C=C/C(=C\C)[C@H]1c2cc(C(=O)NCCC(OCC)OCC)cc(C(=O)NC)c2O[C@@H]1CF. The van der Waals surface area contributed by atoms with Gasteiger partial charge < -0.3 is 24.8 Å². The van der Waals surface area contributed by atoms with Crippen LogP contribution in [0.5, 0.6) is 5.75 Å². The number of ether oxygens (including phenoxy) is 3. The van der Waals surface area contributed by atoms with Crippen LogP contribution in [-0.2, 0) is 9.47 Å². The van der Waals surface area contributed by atoms with Crippen molar-refractivity contribution in [2.24, 2.45) is 0 Å². The van der Waals surface area contributed by atoms with E-state index in [-0.39, 0.29) is 11.5 Å². The van der Waals surface area contributed by atoms with Gasteiger partial charge in [-0.15, -0.1) is 0 Å². The van der Waals surface area contributed by atoms with E-state index in [0.29, 0.717) is 43.1 Å². The lowest BCUT2D eigenvalue weighted by Crippen LogP contribution is -2.29. The maximum Gasteiger partial charge on any atom is 0.254 e. The molecule has 2 rings (SSSR count). The van der Waals surface area contributed by atoms with E-state index in [9.17, 15) is 14.0 Å². The monoisotopic (exact) mass is 448 g/mol. The topological polar surface area (TPSA) is 85.9 Å². The zero-order valence-electron chi connectivity index (χ0n) is 19.2. The van der Waals surface area contributed by atoms with E-state index in [1.54, 1.807) is 12.1 Å². The highest BCUT2D eigenvalue weighted by Gasteiger charge is 2.39. The summed E-state index contributed by atoms with van der Waals surface area (Å²) < 4.78 is 30.6. The first-order chi connectivity index (χ1) is 15.4. The van der Waals surface area contributed by atoms with Gasteiger partial charge in [0, 0.05) is 44.4 Å². The Labute approximate surface area is 189 Å².